The van der Waals surface area contributed by atoms with Crippen LogP contribution in [0.15, 0.2) is 12.7 Å². The fourth-order valence-corrected chi connectivity index (χ4v) is 9.53. The Kier molecular flexibility index (Phi) is 14.9. The monoisotopic (exact) mass is 734 g/mol. The van der Waals surface area contributed by atoms with Gasteiger partial charge in [-0.3, -0.25) is 29.8 Å². The molecule has 4 fully saturated rings. The highest BCUT2D eigenvalue weighted by atomic mass is 32.2. The number of aliphatic hydroxyl groups is 1. The van der Waals surface area contributed by atoms with Crippen molar-refractivity contribution >= 4 is 34.5 Å². The summed E-state index contributed by atoms with van der Waals surface area (Å²) in [6.07, 6.45) is 9.84. The van der Waals surface area contributed by atoms with Gasteiger partial charge >= 0.3 is 0 Å². The van der Waals surface area contributed by atoms with Crippen molar-refractivity contribution in [3.63, 3.8) is 0 Å². The van der Waals surface area contributed by atoms with Crippen LogP contribution in [0.25, 0.3) is 0 Å². The summed E-state index contributed by atoms with van der Waals surface area (Å²) in [5.41, 5.74) is -0.593. The Labute approximate surface area is 308 Å². The molecule has 13 heteroatoms. The average molecular weight is 735 g/mol. The topological polar surface area (TPSA) is 160 Å². The van der Waals surface area contributed by atoms with Gasteiger partial charge < -0.3 is 20.6 Å². The van der Waals surface area contributed by atoms with Gasteiger partial charge in [0.05, 0.1) is 23.1 Å². The van der Waals surface area contributed by atoms with E-state index in [1.54, 1.807) is 4.90 Å². The number of likely N-dealkylation sites (tertiary alicyclic amines) is 1. The number of Topliss-reactive ketones (excluding diaryl/α,β-unsaturated/α-hetero) is 1. The molecule has 2 saturated carbocycles. The normalized spacial score (nSPS) is 26.2. The molecule has 0 aromatic carbocycles. The van der Waals surface area contributed by atoms with Crippen LogP contribution >= 0.6 is 0 Å². The molecule has 2 aliphatic heterocycles. The molecule has 5 N–H and O–H groups in total. The van der Waals surface area contributed by atoms with Crippen LogP contribution in [0.3, 0.4) is 0 Å². The first-order valence-corrected chi connectivity index (χ1v) is 20.7. The summed E-state index contributed by atoms with van der Waals surface area (Å²) in [5.74, 6) is -1.38. The Morgan fingerprint density at radius 1 is 0.922 bits per heavy atom. The van der Waals surface area contributed by atoms with E-state index in [0.29, 0.717) is 31.7 Å². The van der Waals surface area contributed by atoms with Crippen LogP contribution in [0.1, 0.15) is 112 Å². The second-order valence-corrected chi connectivity index (χ2v) is 19.1. The van der Waals surface area contributed by atoms with Crippen molar-refractivity contribution in [3.05, 3.63) is 12.7 Å². The third-order valence-corrected chi connectivity index (χ3v) is 13.2. The van der Waals surface area contributed by atoms with Crippen LogP contribution in [-0.2, 0) is 30.2 Å². The maximum atomic E-state index is 14.8. The Morgan fingerprint density at radius 2 is 1.61 bits per heavy atom. The molecular weight excluding hydrogens is 669 g/mol. The molecule has 7 atom stereocenters. The van der Waals surface area contributed by atoms with E-state index >= 15 is 0 Å². The quantitative estimate of drug-likeness (QED) is 0.0920. The number of rotatable bonds is 16. The second-order valence-electron chi connectivity index (χ2n) is 17.5. The summed E-state index contributed by atoms with van der Waals surface area (Å²) in [6, 6.07) is -2.77. The van der Waals surface area contributed by atoms with Crippen molar-refractivity contribution < 1.29 is 28.5 Å². The number of amides is 3. The Morgan fingerprint density at radius 3 is 2.16 bits per heavy atom. The largest absolute Gasteiger partial charge is 0.365 e. The maximum Gasteiger partial charge on any atom is 0.289 e. The Hall–Kier alpha value is -2.19. The van der Waals surface area contributed by atoms with E-state index in [9.17, 15) is 28.5 Å². The van der Waals surface area contributed by atoms with E-state index in [-0.39, 0.29) is 47.1 Å². The fraction of sp³-hybridized carbons (Fsp3) is 0.842. The van der Waals surface area contributed by atoms with Crippen molar-refractivity contribution in [2.45, 2.75) is 143 Å². The lowest BCUT2D eigenvalue weighted by Gasteiger charge is -2.40. The third-order valence-electron chi connectivity index (χ3n) is 11.6. The lowest BCUT2D eigenvalue weighted by molar-refractivity contribution is -0.146. The van der Waals surface area contributed by atoms with E-state index in [1.165, 1.54) is 6.08 Å². The number of nitrogens with one attached hydrogen (secondary N) is 4. The minimum Gasteiger partial charge on any atom is -0.365 e. The highest BCUT2D eigenvalue weighted by Crippen LogP contribution is 2.40. The molecule has 0 spiro atoms. The summed E-state index contributed by atoms with van der Waals surface area (Å²) in [5, 5.41) is 23.6. The number of aliphatic hydroxyl groups excluding tert-OH is 1. The van der Waals surface area contributed by atoms with Gasteiger partial charge in [-0.25, -0.2) is 8.51 Å². The number of carbonyl (C=O) groups is 4. The predicted octanol–water partition coefficient (Wildman–Crippen LogP) is 2.98. The van der Waals surface area contributed by atoms with Crippen molar-refractivity contribution in [2.24, 2.45) is 28.6 Å². The minimum atomic E-state index is -1.21. The molecular formula is C38H66N6O6S. The van der Waals surface area contributed by atoms with E-state index < -0.39 is 53.1 Å². The number of hydrogen-bond donors (Lipinski definition) is 5. The minimum absolute atomic E-state index is 0.0271. The van der Waals surface area contributed by atoms with Crippen LogP contribution in [-0.4, -0.2) is 104 Å². The lowest BCUT2D eigenvalue weighted by Crippen LogP contribution is -2.63. The smallest absolute Gasteiger partial charge is 0.289 e. The summed E-state index contributed by atoms with van der Waals surface area (Å²) < 4.78 is 14.5. The van der Waals surface area contributed by atoms with Gasteiger partial charge in [0.1, 0.15) is 6.04 Å². The third kappa shape index (κ3) is 11.2. The molecule has 12 nitrogen and oxygen atoms in total. The van der Waals surface area contributed by atoms with Gasteiger partial charge in [0.2, 0.25) is 17.6 Å². The maximum absolute atomic E-state index is 14.8. The Balaban J connectivity index is 1.57. The lowest BCUT2D eigenvalue weighted by atomic mass is 9.75. The molecule has 51 heavy (non-hydrogen) atoms. The van der Waals surface area contributed by atoms with Gasteiger partial charge in [0.15, 0.2) is 6.35 Å². The Bertz CT molecular complexity index is 1260. The molecule has 290 valence electrons. The van der Waals surface area contributed by atoms with Crippen molar-refractivity contribution in [1.82, 2.24) is 30.5 Å². The van der Waals surface area contributed by atoms with Gasteiger partial charge in [0, 0.05) is 38.0 Å². The molecule has 2 saturated heterocycles. The molecule has 3 unspecified atom stereocenters. The van der Waals surface area contributed by atoms with Crippen LogP contribution in [0.2, 0.25) is 0 Å². The molecule has 4 aliphatic rings. The van der Waals surface area contributed by atoms with Crippen molar-refractivity contribution in [3.8, 4) is 0 Å². The molecule has 2 heterocycles. The van der Waals surface area contributed by atoms with E-state index in [0.717, 1.165) is 64.3 Å². The average Bonchev–Trinajstić information content (AvgIpc) is 3.69. The second kappa shape index (κ2) is 18.2. The zero-order valence-corrected chi connectivity index (χ0v) is 32.8. The SMILES string of the molecule is C=CCNC(=O)C(=O)C(CC1CCC1)NC(=O)[C@@H]1[C@@H](C(C)(C)C)CCN1C(=O)[C@@H](NC(O)N[C@H](CN1CCCS1=O)C(C)(C)C)C1CCCCC1. The first kappa shape index (κ1) is 41.6. The highest BCUT2D eigenvalue weighted by molar-refractivity contribution is 7.82. The van der Waals surface area contributed by atoms with E-state index in [1.807, 2.05) is 4.31 Å². The van der Waals surface area contributed by atoms with Crippen LogP contribution in [0.4, 0.5) is 0 Å². The molecule has 3 amide bonds. The molecule has 0 aromatic heterocycles. The first-order valence-electron chi connectivity index (χ1n) is 19.4. The van der Waals surface area contributed by atoms with E-state index in [4.69, 9.17) is 0 Å². The molecule has 0 aromatic rings. The van der Waals surface area contributed by atoms with Gasteiger partial charge in [0.25, 0.3) is 5.91 Å². The molecule has 4 rings (SSSR count). The zero-order valence-electron chi connectivity index (χ0n) is 32.0. The number of ketones is 1. The summed E-state index contributed by atoms with van der Waals surface area (Å²) >= 11 is 0. The van der Waals surface area contributed by atoms with E-state index in [2.05, 4.69) is 69.4 Å². The van der Waals surface area contributed by atoms with Crippen molar-refractivity contribution in [1.29, 1.82) is 0 Å². The van der Waals surface area contributed by atoms with Gasteiger partial charge in [-0.15, -0.1) is 6.58 Å². The summed E-state index contributed by atoms with van der Waals surface area (Å²) in [6.45, 7) is 17.8. The van der Waals surface area contributed by atoms with Crippen LogP contribution in [0.5, 0.6) is 0 Å². The number of nitrogens with zero attached hydrogens (tertiary/aromatic N) is 2. The molecule has 2 aliphatic carbocycles. The van der Waals surface area contributed by atoms with Gasteiger partial charge in [-0.2, -0.15) is 0 Å². The zero-order chi connectivity index (χ0) is 37.5. The van der Waals surface area contributed by atoms with Crippen LogP contribution in [0, 0.1) is 28.6 Å². The molecule has 0 radical (unpaired) electrons. The van der Waals surface area contributed by atoms with Gasteiger partial charge in [-0.1, -0.05) is 86.1 Å². The summed E-state index contributed by atoms with van der Waals surface area (Å²) in [7, 11) is -1.04. The highest BCUT2D eigenvalue weighted by Gasteiger charge is 2.50. The summed E-state index contributed by atoms with van der Waals surface area (Å²) in [4.78, 5) is 57.0. The first-order chi connectivity index (χ1) is 24.0. The predicted molar refractivity (Wildman–Crippen MR) is 200 cm³/mol. The number of hydrogen-bond acceptors (Lipinski definition) is 8. The molecule has 0 bridgehead atoms. The number of carbonyl (C=O) groups excluding carboxylic acids is 4. The fourth-order valence-electron chi connectivity index (χ4n) is 8.24. The van der Waals surface area contributed by atoms with Crippen LogP contribution < -0.4 is 21.3 Å². The standard InChI is InChI=1S/C38H66N6O6S/c1-8-19-39-34(47)32(45)28(23-25-14-12-15-25)40-33(46)31-27(37(2,3)4)18-21-44(31)35(48)30(26-16-10-9-11-17-26)42-36(49)41-29(38(5,6)7)24-43-20-13-22-51(43)50/h8,25-31,36,41-42,49H,1,9-24H2,2-7H3,(H,39,47)(H,40,46)/t27-,28?,29+,30-,31-,36?,51?/m0/s1. The van der Waals surface area contributed by atoms with Crippen molar-refractivity contribution in [2.75, 3.05) is 31.9 Å². The van der Waals surface area contributed by atoms with Gasteiger partial charge in [-0.05, 0) is 60.7 Å².